The summed E-state index contributed by atoms with van der Waals surface area (Å²) in [7, 11) is 1.69. The highest BCUT2D eigenvalue weighted by atomic mass is 16.5. The maximum atomic E-state index is 11.8. The summed E-state index contributed by atoms with van der Waals surface area (Å²) in [6.07, 6.45) is 7.25. The van der Waals surface area contributed by atoms with Crippen LogP contribution in [-0.2, 0) is 9.47 Å². The third-order valence-corrected chi connectivity index (χ3v) is 3.32. The number of ether oxygens (including phenoxy) is 2. The highest BCUT2D eigenvalue weighted by molar-refractivity contribution is 5.75. The fourth-order valence-electron chi connectivity index (χ4n) is 2.16. The molecule has 2 amide bonds. The predicted molar refractivity (Wildman–Crippen MR) is 68.5 cm³/mol. The first-order valence-electron chi connectivity index (χ1n) is 6.60. The molecule has 0 unspecified atom stereocenters. The SMILES string of the molecule is COCCCOC1CN(C(=O)NC2CC=CC2)C1. The van der Waals surface area contributed by atoms with Crippen molar-refractivity contribution >= 4 is 6.03 Å². The summed E-state index contributed by atoms with van der Waals surface area (Å²) < 4.78 is 10.6. The third kappa shape index (κ3) is 3.71. The summed E-state index contributed by atoms with van der Waals surface area (Å²) >= 11 is 0. The lowest BCUT2D eigenvalue weighted by molar-refractivity contribution is -0.0404. The van der Waals surface area contributed by atoms with Gasteiger partial charge in [0.1, 0.15) is 0 Å². The van der Waals surface area contributed by atoms with E-state index < -0.39 is 0 Å². The van der Waals surface area contributed by atoms with Crippen LogP contribution in [0.25, 0.3) is 0 Å². The molecule has 1 fully saturated rings. The molecule has 0 aromatic heterocycles. The quantitative estimate of drug-likeness (QED) is 0.571. The van der Waals surface area contributed by atoms with Gasteiger partial charge in [0.2, 0.25) is 0 Å². The number of hydrogen-bond donors (Lipinski definition) is 1. The van der Waals surface area contributed by atoms with Gasteiger partial charge in [-0.1, -0.05) is 12.2 Å². The molecular formula is C13H22N2O3. The van der Waals surface area contributed by atoms with E-state index in [1.807, 2.05) is 0 Å². The minimum absolute atomic E-state index is 0.0421. The summed E-state index contributed by atoms with van der Waals surface area (Å²) in [6, 6.07) is 0.333. The lowest BCUT2D eigenvalue weighted by Crippen LogP contribution is -2.58. The van der Waals surface area contributed by atoms with Crippen molar-refractivity contribution in [1.29, 1.82) is 0 Å². The number of hydrogen-bond acceptors (Lipinski definition) is 3. The number of carbonyl (C=O) groups is 1. The van der Waals surface area contributed by atoms with E-state index in [0.717, 1.165) is 25.9 Å². The van der Waals surface area contributed by atoms with Crippen LogP contribution in [0.3, 0.4) is 0 Å². The second kappa shape index (κ2) is 6.75. The normalized spacial score (nSPS) is 20.2. The summed E-state index contributed by atoms with van der Waals surface area (Å²) in [6.45, 7) is 2.85. The maximum Gasteiger partial charge on any atom is 0.317 e. The van der Waals surface area contributed by atoms with Gasteiger partial charge in [-0.05, 0) is 19.3 Å². The molecule has 0 bridgehead atoms. The van der Waals surface area contributed by atoms with Gasteiger partial charge >= 0.3 is 6.03 Å². The molecule has 5 nitrogen and oxygen atoms in total. The number of rotatable bonds is 6. The van der Waals surface area contributed by atoms with Gasteiger partial charge in [-0.2, -0.15) is 0 Å². The Labute approximate surface area is 108 Å². The molecule has 5 heteroatoms. The van der Waals surface area contributed by atoms with Gasteiger partial charge in [0.15, 0.2) is 0 Å². The largest absolute Gasteiger partial charge is 0.385 e. The van der Waals surface area contributed by atoms with Gasteiger partial charge in [-0.15, -0.1) is 0 Å². The van der Waals surface area contributed by atoms with E-state index in [-0.39, 0.29) is 12.1 Å². The van der Waals surface area contributed by atoms with Gasteiger partial charge in [-0.3, -0.25) is 0 Å². The van der Waals surface area contributed by atoms with Crippen LogP contribution in [0.15, 0.2) is 12.2 Å². The maximum absolute atomic E-state index is 11.8. The minimum atomic E-state index is 0.0421. The van der Waals surface area contributed by atoms with Crippen molar-refractivity contribution in [2.24, 2.45) is 0 Å². The van der Waals surface area contributed by atoms with Crippen LogP contribution in [0.1, 0.15) is 19.3 Å². The molecule has 18 heavy (non-hydrogen) atoms. The van der Waals surface area contributed by atoms with E-state index in [0.29, 0.717) is 25.7 Å². The van der Waals surface area contributed by atoms with Crippen LogP contribution in [-0.4, -0.2) is 56.5 Å². The molecule has 102 valence electrons. The van der Waals surface area contributed by atoms with Crippen LogP contribution in [0.4, 0.5) is 4.79 Å². The summed E-state index contributed by atoms with van der Waals surface area (Å²) in [5.41, 5.74) is 0. The molecule has 0 aromatic carbocycles. The van der Waals surface area contributed by atoms with Crippen LogP contribution in [0.5, 0.6) is 0 Å². The Bertz CT molecular complexity index is 293. The molecule has 1 heterocycles. The molecule has 0 saturated carbocycles. The Balaban J connectivity index is 1.53. The van der Waals surface area contributed by atoms with Crippen molar-refractivity contribution < 1.29 is 14.3 Å². The molecular weight excluding hydrogens is 232 g/mol. The van der Waals surface area contributed by atoms with Crippen LogP contribution >= 0.6 is 0 Å². The van der Waals surface area contributed by atoms with Crippen molar-refractivity contribution in [2.45, 2.75) is 31.4 Å². The van der Waals surface area contributed by atoms with E-state index in [2.05, 4.69) is 17.5 Å². The number of amides is 2. The van der Waals surface area contributed by atoms with E-state index in [1.165, 1.54) is 0 Å². The number of methoxy groups -OCH3 is 1. The standard InChI is InChI=1S/C13H22N2O3/c1-17-7-4-8-18-12-9-15(10-12)13(16)14-11-5-2-3-6-11/h2-3,11-12H,4-10H2,1H3,(H,14,16). The minimum Gasteiger partial charge on any atom is -0.385 e. The summed E-state index contributed by atoms with van der Waals surface area (Å²) in [5, 5.41) is 3.03. The second-order valence-corrected chi connectivity index (χ2v) is 4.83. The van der Waals surface area contributed by atoms with Gasteiger partial charge < -0.3 is 19.7 Å². The Morgan fingerprint density at radius 2 is 2.06 bits per heavy atom. The van der Waals surface area contributed by atoms with Crippen LogP contribution < -0.4 is 5.32 Å². The van der Waals surface area contributed by atoms with Gasteiger partial charge in [0.05, 0.1) is 19.2 Å². The molecule has 0 aromatic rings. The molecule has 2 rings (SSSR count). The van der Waals surface area contributed by atoms with E-state index in [1.54, 1.807) is 12.0 Å². The average Bonchev–Trinajstić information content (AvgIpc) is 2.79. The topological polar surface area (TPSA) is 50.8 Å². The molecule has 0 radical (unpaired) electrons. The number of nitrogens with one attached hydrogen (secondary N) is 1. The Kier molecular flexibility index (Phi) is 5.01. The zero-order valence-corrected chi connectivity index (χ0v) is 10.9. The van der Waals surface area contributed by atoms with E-state index in [4.69, 9.17) is 9.47 Å². The predicted octanol–water partition coefficient (Wildman–Crippen LogP) is 1.15. The molecule has 0 spiro atoms. The van der Waals surface area contributed by atoms with Crippen molar-refractivity contribution in [2.75, 3.05) is 33.4 Å². The van der Waals surface area contributed by atoms with Gasteiger partial charge in [0, 0.05) is 26.4 Å². The zero-order valence-electron chi connectivity index (χ0n) is 10.9. The van der Waals surface area contributed by atoms with E-state index in [9.17, 15) is 4.79 Å². The van der Waals surface area contributed by atoms with Crippen molar-refractivity contribution in [3.8, 4) is 0 Å². The van der Waals surface area contributed by atoms with Crippen molar-refractivity contribution in [1.82, 2.24) is 10.2 Å². The van der Waals surface area contributed by atoms with E-state index >= 15 is 0 Å². The Hall–Kier alpha value is -1.07. The van der Waals surface area contributed by atoms with Gasteiger partial charge in [0.25, 0.3) is 0 Å². The number of urea groups is 1. The fourth-order valence-corrected chi connectivity index (χ4v) is 2.16. The average molecular weight is 254 g/mol. The smallest absolute Gasteiger partial charge is 0.317 e. The van der Waals surface area contributed by atoms with Crippen LogP contribution in [0, 0.1) is 0 Å². The zero-order chi connectivity index (χ0) is 12.8. The number of likely N-dealkylation sites (tertiary alicyclic amines) is 1. The molecule has 1 aliphatic carbocycles. The highest BCUT2D eigenvalue weighted by Crippen LogP contribution is 2.14. The monoisotopic (exact) mass is 254 g/mol. The summed E-state index contributed by atoms with van der Waals surface area (Å²) in [4.78, 5) is 13.6. The lowest BCUT2D eigenvalue weighted by Gasteiger charge is -2.39. The molecule has 1 N–H and O–H groups in total. The summed E-state index contributed by atoms with van der Waals surface area (Å²) in [5.74, 6) is 0. The van der Waals surface area contributed by atoms with Crippen LogP contribution in [0.2, 0.25) is 0 Å². The first-order valence-corrected chi connectivity index (χ1v) is 6.60. The highest BCUT2D eigenvalue weighted by Gasteiger charge is 2.32. The number of nitrogens with zero attached hydrogens (tertiary/aromatic N) is 1. The molecule has 0 atom stereocenters. The van der Waals surface area contributed by atoms with Gasteiger partial charge in [-0.25, -0.2) is 4.79 Å². The molecule has 1 saturated heterocycles. The second-order valence-electron chi connectivity index (χ2n) is 4.83. The molecule has 2 aliphatic rings. The van der Waals surface area contributed by atoms with Crippen molar-refractivity contribution in [3.63, 3.8) is 0 Å². The first-order chi connectivity index (χ1) is 8.79. The first kappa shape index (κ1) is 13.4. The number of carbonyl (C=O) groups excluding carboxylic acids is 1. The Morgan fingerprint density at radius 1 is 1.33 bits per heavy atom. The molecule has 1 aliphatic heterocycles. The fraction of sp³-hybridized carbons (Fsp3) is 0.769. The van der Waals surface area contributed by atoms with Crippen molar-refractivity contribution in [3.05, 3.63) is 12.2 Å². The third-order valence-electron chi connectivity index (χ3n) is 3.32. The Morgan fingerprint density at radius 3 is 2.72 bits per heavy atom. The lowest BCUT2D eigenvalue weighted by atomic mass is 10.2.